The maximum atomic E-state index is 12.8. The van der Waals surface area contributed by atoms with Gasteiger partial charge < -0.3 is 0 Å². The summed E-state index contributed by atoms with van der Waals surface area (Å²) in [7, 11) is 0. The van der Waals surface area contributed by atoms with E-state index in [1.807, 2.05) is 79.1 Å². The Balaban J connectivity index is 1.75. The van der Waals surface area contributed by atoms with E-state index in [0.717, 1.165) is 27.8 Å². The summed E-state index contributed by atoms with van der Waals surface area (Å²) in [5.41, 5.74) is 5.38. The monoisotopic (exact) mass is 337 g/mol. The van der Waals surface area contributed by atoms with Crippen LogP contribution in [0.5, 0.6) is 0 Å². The minimum absolute atomic E-state index is 0.0653. The summed E-state index contributed by atoms with van der Waals surface area (Å²) in [6, 6.07) is 30.3. The maximum absolute atomic E-state index is 12.8. The molecule has 0 bridgehead atoms. The van der Waals surface area contributed by atoms with Crippen molar-refractivity contribution in [2.45, 2.75) is 6.42 Å². The molecule has 26 heavy (non-hydrogen) atoms. The second-order valence-corrected chi connectivity index (χ2v) is 6.28. The molecule has 0 amide bonds. The highest BCUT2D eigenvalue weighted by atomic mass is 16.1. The molecule has 0 spiro atoms. The zero-order chi connectivity index (χ0) is 17.8. The minimum atomic E-state index is 0.0653. The Labute approximate surface area is 153 Å². The smallest absolute Gasteiger partial charge is 0.235 e. The van der Waals surface area contributed by atoms with E-state index in [2.05, 4.69) is 24.3 Å². The van der Waals surface area contributed by atoms with Crippen LogP contribution in [0.1, 0.15) is 10.4 Å². The average molecular weight is 337 g/mol. The molecule has 0 saturated heterocycles. The molecule has 0 N–H and O–H groups in total. The number of carbonyl (C=O) groups excluding carboxylic acids is 1. The van der Waals surface area contributed by atoms with Crippen molar-refractivity contribution >= 4 is 5.91 Å². The van der Waals surface area contributed by atoms with E-state index < -0.39 is 0 Å². The molecule has 0 aliphatic rings. The Morgan fingerprint density at radius 2 is 1.04 bits per heavy atom. The Hall–Kier alpha value is -3.39. The lowest BCUT2D eigenvalue weighted by molar-refractivity contribution is 0.0914. The van der Waals surface area contributed by atoms with Gasteiger partial charge >= 0.3 is 0 Å². The molecular formula is C24H19NO. The summed E-state index contributed by atoms with van der Waals surface area (Å²) in [6.07, 6.45) is 4.28. The van der Waals surface area contributed by atoms with E-state index in [-0.39, 0.29) is 5.91 Å². The molecule has 3 aromatic carbocycles. The number of rotatable bonds is 4. The number of benzene rings is 3. The van der Waals surface area contributed by atoms with Gasteiger partial charge in [0.1, 0.15) is 0 Å². The number of nitrogens with zero attached hydrogens (tertiary/aromatic N) is 1. The average Bonchev–Trinajstić information content (AvgIpc) is 3.16. The standard InChI is InChI=1S/C24H19NO/c26-24(16-19-10-4-1-5-11-19)25-17-22(20-12-6-2-7-13-20)23(18-25)21-14-8-3-9-15-21/h1-15,17-18H,16H2. The van der Waals surface area contributed by atoms with Crippen LogP contribution in [-0.2, 0) is 6.42 Å². The van der Waals surface area contributed by atoms with Gasteiger partial charge in [-0.25, -0.2) is 0 Å². The van der Waals surface area contributed by atoms with Crippen LogP contribution < -0.4 is 0 Å². The van der Waals surface area contributed by atoms with Gasteiger partial charge in [-0.15, -0.1) is 0 Å². The molecule has 4 rings (SSSR count). The van der Waals surface area contributed by atoms with Crippen LogP contribution in [0.3, 0.4) is 0 Å². The van der Waals surface area contributed by atoms with E-state index in [0.29, 0.717) is 6.42 Å². The summed E-state index contributed by atoms with van der Waals surface area (Å²) in [5.74, 6) is 0.0653. The first-order valence-corrected chi connectivity index (χ1v) is 8.71. The Bertz CT molecular complexity index is 945. The van der Waals surface area contributed by atoms with Crippen molar-refractivity contribution in [2.24, 2.45) is 0 Å². The van der Waals surface area contributed by atoms with Crippen LogP contribution in [-0.4, -0.2) is 10.5 Å². The Morgan fingerprint density at radius 3 is 1.50 bits per heavy atom. The number of hydrogen-bond donors (Lipinski definition) is 0. The second-order valence-electron chi connectivity index (χ2n) is 6.28. The highest BCUT2D eigenvalue weighted by Crippen LogP contribution is 2.33. The van der Waals surface area contributed by atoms with E-state index in [9.17, 15) is 4.79 Å². The molecule has 0 atom stereocenters. The fourth-order valence-corrected chi connectivity index (χ4v) is 3.16. The third-order valence-electron chi connectivity index (χ3n) is 4.48. The zero-order valence-corrected chi connectivity index (χ0v) is 14.4. The Kier molecular flexibility index (Phi) is 4.48. The normalized spacial score (nSPS) is 10.6. The lowest BCUT2D eigenvalue weighted by Crippen LogP contribution is -2.11. The largest absolute Gasteiger partial charge is 0.293 e. The fourth-order valence-electron chi connectivity index (χ4n) is 3.16. The SMILES string of the molecule is O=C(Cc1ccccc1)n1cc(-c2ccccc2)c(-c2ccccc2)c1. The zero-order valence-electron chi connectivity index (χ0n) is 14.4. The summed E-state index contributed by atoms with van der Waals surface area (Å²) in [4.78, 5) is 12.8. The minimum Gasteiger partial charge on any atom is -0.293 e. The second kappa shape index (κ2) is 7.24. The molecule has 0 unspecified atom stereocenters. The topological polar surface area (TPSA) is 22.0 Å². The molecule has 1 aromatic heterocycles. The Morgan fingerprint density at radius 1 is 0.615 bits per heavy atom. The van der Waals surface area contributed by atoms with Gasteiger partial charge in [-0.1, -0.05) is 91.0 Å². The number of hydrogen-bond acceptors (Lipinski definition) is 1. The van der Waals surface area contributed by atoms with Crippen molar-refractivity contribution in [3.63, 3.8) is 0 Å². The summed E-state index contributed by atoms with van der Waals surface area (Å²) >= 11 is 0. The van der Waals surface area contributed by atoms with Gasteiger partial charge in [0.2, 0.25) is 5.91 Å². The van der Waals surface area contributed by atoms with Gasteiger partial charge in [0.15, 0.2) is 0 Å². The van der Waals surface area contributed by atoms with Crippen LogP contribution in [0.2, 0.25) is 0 Å². The molecule has 0 radical (unpaired) electrons. The molecule has 2 heteroatoms. The summed E-state index contributed by atoms with van der Waals surface area (Å²) in [6.45, 7) is 0. The fraction of sp³-hybridized carbons (Fsp3) is 0.0417. The van der Waals surface area contributed by atoms with Crippen molar-refractivity contribution < 1.29 is 4.79 Å². The van der Waals surface area contributed by atoms with E-state index in [4.69, 9.17) is 0 Å². The third-order valence-corrected chi connectivity index (χ3v) is 4.48. The highest BCUT2D eigenvalue weighted by Gasteiger charge is 2.14. The van der Waals surface area contributed by atoms with Crippen molar-refractivity contribution in [3.8, 4) is 22.3 Å². The molecule has 0 aliphatic heterocycles. The summed E-state index contributed by atoms with van der Waals surface area (Å²) in [5, 5.41) is 0. The van der Waals surface area contributed by atoms with Crippen LogP contribution >= 0.6 is 0 Å². The lowest BCUT2D eigenvalue weighted by atomic mass is 9.99. The van der Waals surface area contributed by atoms with Crippen molar-refractivity contribution in [1.82, 2.24) is 4.57 Å². The third kappa shape index (κ3) is 3.35. The van der Waals surface area contributed by atoms with Crippen LogP contribution in [0.15, 0.2) is 103 Å². The number of carbonyl (C=O) groups is 1. The van der Waals surface area contributed by atoms with E-state index in [1.54, 1.807) is 4.57 Å². The molecule has 2 nitrogen and oxygen atoms in total. The number of aromatic nitrogens is 1. The lowest BCUT2D eigenvalue weighted by Gasteiger charge is -2.03. The first-order chi connectivity index (χ1) is 12.8. The molecule has 0 saturated carbocycles. The van der Waals surface area contributed by atoms with Crippen molar-refractivity contribution in [3.05, 3.63) is 109 Å². The predicted octanol–water partition coefficient (Wildman–Crippen LogP) is 5.71. The van der Waals surface area contributed by atoms with Crippen LogP contribution in [0.25, 0.3) is 22.3 Å². The first-order valence-electron chi connectivity index (χ1n) is 8.71. The van der Waals surface area contributed by atoms with Crippen molar-refractivity contribution in [1.29, 1.82) is 0 Å². The molecule has 0 fully saturated rings. The highest BCUT2D eigenvalue weighted by molar-refractivity contribution is 5.89. The molecule has 126 valence electrons. The van der Waals surface area contributed by atoms with Gasteiger partial charge in [0, 0.05) is 23.5 Å². The van der Waals surface area contributed by atoms with Gasteiger partial charge in [-0.05, 0) is 16.7 Å². The van der Waals surface area contributed by atoms with Gasteiger partial charge in [0.25, 0.3) is 0 Å². The van der Waals surface area contributed by atoms with Crippen molar-refractivity contribution in [2.75, 3.05) is 0 Å². The van der Waals surface area contributed by atoms with Crippen LogP contribution in [0.4, 0.5) is 0 Å². The first kappa shape index (κ1) is 16.1. The van der Waals surface area contributed by atoms with E-state index >= 15 is 0 Å². The predicted molar refractivity (Wildman–Crippen MR) is 106 cm³/mol. The molecule has 4 aromatic rings. The molecule has 1 heterocycles. The summed E-state index contributed by atoms with van der Waals surface area (Å²) < 4.78 is 1.72. The van der Waals surface area contributed by atoms with Crippen LogP contribution in [0, 0.1) is 0 Å². The molecular weight excluding hydrogens is 318 g/mol. The van der Waals surface area contributed by atoms with Gasteiger partial charge in [0.05, 0.1) is 6.42 Å². The maximum Gasteiger partial charge on any atom is 0.235 e. The molecule has 0 aliphatic carbocycles. The quantitative estimate of drug-likeness (QED) is 0.468. The van der Waals surface area contributed by atoms with Gasteiger partial charge in [-0.3, -0.25) is 9.36 Å². The van der Waals surface area contributed by atoms with Gasteiger partial charge in [-0.2, -0.15) is 0 Å². The van der Waals surface area contributed by atoms with E-state index in [1.165, 1.54) is 0 Å².